The number of H-pyrrole nitrogens is 1. The molecule has 0 saturated carbocycles. The van der Waals surface area contributed by atoms with Crippen LogP contribution in [0.3, 0.4) is 0 Å². The zero-order chi connectivity index (χ0) is 15.9. The molecule has 1 N–H and O–H groups in total. The Morgan fingerprint density at radius 1 is 1.27 bits per heavy atom. The molecule has 1 amide bonds. The van der Waals surface area contributed by atoms with E-state index in [9.17, 15) is 9.59 Å². The minimum Gasteiger partial charge on any atom is -0.343 e. The number of rotatable bonds is 7. The second-order valence-electron chi connectivity index (χ2n) is 5.36. The summed E-state index contributed by atoms with van der Waals surface area (Å²) in [6.45, 7) is 5.62. The molecule has 0 aliphatic heterocycles. The molecule has 0 bridgehead atoms. The number of benzene rings is 1. The van der Waals surface area contributed by atoms with Crippen LogP contribution in [0.4, 0.5) is 0 Å². The number of para-hydroxylation sites is 1. The van der Waals surface area contributed by atoms with E-state index in [0.717, 1.165) is 25.9 Å². The molecule has 22 heavy (non-hydrogen) atoms. The van der Waals surface area contributed by atoms with Crippen LogP contribution in [0.1, 0.15) is 38.9 Å². The normalized spacial score (nSPS) is 10.8. The molecule has 0 atom stereocenters. The number of carbonyl (C=O) groups is 1. The van der Waals surface area contributed by atoms with Crippen LogP contribution in [-0.4, -0.2) is 33.9 Å². The molecule has 118 valence electrons. The summed E-state index contributed by atoms with van der Waals surface area (Å²) in [4.78, 5) is 33.3. The highest BCUT2D eigenvalue weighted by Gasteiger charge is 2.12. The first-order valence-corrected chi connectivity index (χ1v) is 7.91. The minimum atomic E-state index is -0.147. The lowest BCUT2D eigenvalue weighted by Crippen LogP contribution is -2.32. The van der Waals surface area contributed by atoms with Crippen LogP contribution in [0.5, 0.6) is 0 Å². The van der Waals surface area contributed by atoms with Crippen molar-refractivity contribution in [2.45, 2.75) is 39.5 Å². The van der Waals surface area contributed by atoms with Gasteiger partial charge in [0.15, 0.2) is 0 Å². The van der Waals surface area contributed by atoms with Crippen molar-refractivity contribution in [3.05, 3.63) is 40.4 Å². The van der Waals surface area contributed by atoms with Crippen molar-refractivity contribution in [3.63, 3.8) is 0 Å². The quantitative estimate of drug-likeness (QED) is 0.854. The number of nitrogens with zero attached hydrogens (tertiary/aromatic N) is 2. The first kappa shape index (κ1) is 16.2. The zero-order valence-corrected chi connectivity index (χ0v) is 13.3. The van der Waals surface area contributed by atoms with Crippen molar-refractivity contribution in [2.75, 3.05) is 13.1 Å². The summed E-state index contributed by atoms with van der Waals surface area (Å²) < 4.78 is 0. The summed E-state index contributed by atoms with van der Waals surface area (Å²) in [5.74, 6) is 0.690. The Morgan fingerprint density at radius 2 is 2.05 bits per heavy atom. The van der Waals surface area contributed by atoms with Gasteiger partial charge in [0.1, 0.15) is 5.82 Å². The molecule has 0 fully saturated rings. The van der Waals surface area contributed by atoms with Gasteiger partial charge >= 0.3 is 0 Å². The molecular weight excluding hydrogens is 278 g/mol. The third kappa shape index (κ3) is 3.93. The Morgan fingerprint density at radius 3 is 2.77 bits per heavy atom. The highest BCUT2D eigenvalue weighted by Crippen LogP contribution is 2.07. The fraction of sp³-hybridized carbons (Fsp3) is 0.471. The van der Waals surface area contributed by atoms with Gasteiger partial charge in [-0.15, -0.1) is 0 Å². The van der Waals surface area contributed by atoms with Crippen LogP contribution in [0.25, 0.3) is 10.9 Å². The minimum absolute atomic E-state index is 0.117. The van der Waals surface area contributed by atoms with Gasteiger partial charge in [-0.2, -0.15) is 0 Å². The SMILES string of the molecule is CCCCN(CC)C(=O)CCc1nc2ccccc2c(=O)[nH]1. The van der Waals surface area contributed by atoms with E-state index < -0.39 is 0 Å². The van der Waals surface area contributed by atoms with Crippen molar-refractivity contribution >= 4 is 16.8 Å². The molecule has 0 aliphatic rings. The second-order valence-corrected chi connectivity index (χ2v) is 5.36. The van der Waals surface area contributed by atoms with Crippen molar-refractivity contribution in [1.82, 2.24) is 14.9 Å². The number of aromatic nitrogens is 2. The fourth-order valence-corrected chi connectivity index (χ4v) is 2.44. The summed E-state index contributed by atoms with van der Waals surface area (Å²) >= 11 is 0. The lowest BCUT2D eigenvalue weighted by Gasteiger charge is -2.20. The number of aryl methyl sites for hydroxylation is 1. The van der Waals surface area contributed by atoms with Gasteiger partial charge in [-0.3, -0.25) is 9.59 Å². The lowest BCUT2D eigenvalue weighted by atomic mass is 10.2. The molecule has 1 heterocycles. The zero-order valence-electron chi connectivity index (χ0n) is 13.3. The summed E-state index contributed by atoms with van der Waals surface area (Å²) in [6.07, 6.45) is 2.92. The summed E-state index contributed by atoms with van der Waals surface area (Å²) in [5.41, 5.74) is 0.526. The standard InChI is InChI=1S/C17H23N3O2/c1-3-5-12-20(4-2)16(21)11-10-15-18-14-9-7-6-8-13(14)17(22)19-15/h6-9H,3-5,10-12H2,1-2H3,(H,18,19,22). The van der Waals surface area contributed by atoms with Crippen LogP contribution in [0.15, 0.2) is 29.1 Å². The maximum Gasteiger partial charge on any atom is 0.258 e. The van der Waals surface area contributed by atoms with Crippen molar-refractivity contribution < 1.29 is 4.79 Å². The van der Waals surface area contributed by atoms with Crippen molar-refractivity contribution in [3.8, 4) is 0 Å². The van der Waals surface area contributed by atoms with E-state index in [1.165, 1.54) is 0 Å². The van der Waals surface area contributed by atoms with Gasteiger partial charge in [-0.25, -0.2) is 4.98 Å². The van der Waals surface area contributed by atoms with Gasteiger partial charge in [0, 0.05) is 25.9 Å². The van der Waals surface area contributed by atoms with E-state index in [2.05, 4.69) is 16.9 Å². The third-order valence-electron chi connectivity index (χ3n) is 3.75. The first-order chi connectivity index (χ1) is 10.7. The molecule has 0 spiro atoms. The van der Waals surface area contributed by atoms with E-state index in [0.29, 0.717) is 29.6 Å². The van der Waals surface area contributed by atoms with Crippen LogP contribution in [0.2, 0.25) is 0 Å². The molecule has 0 radical (unpaired) electrons. The third-order valence-corrected chi connectivity index (χ3v) is 3.75. The van der Waals surface area contributed by atoms with Crippen molar-refractivity contribution in [1.29, 1.82) is 0 Å². The number of hydrogen-bond acceptors (Lipinski definition) is 3. The number of amides is 1. The van der Waals surface area contributed by atoms with Gasteiger partial charge in [0.25, 0.3) is 5.56 Å². The largest absolute Gasteiger partial charge is 0.343 e. The Labute approximate surface area is 130 Å². The van der Waals surface area contributed by atoms with Crippen LogP contribution >= 0.6 is 0 Å². The van der Waals surface area contributed by atoms with E-state index in [1.54, 1.807) is 6.07 Å². The maximum absolute atomic E-state index is 12.2. The van der Waals surface area contributed by atoms with Gasteiger partial charge < -0.3 is 9.88 Å². The molecule has 0 aliphatic carbocycles. The Bertz CT molecular complexity index is 694. The molecular formula is C17H23N3O2. The average molecular weight is 301 g/mol. The van der Waals surface area contributed by atoms with Gasteiger partial charge in [0.05, 0.1) is 10.9 Å². The first-order valence-electron chi connectivity index (χ1n) is 7.91. The molecule has 5 nitrogen and oxygen atoms in total. The van der Waals surface area contributed by atoms with E-state index in [1.807, 2.05) is 30.0 Å². The van der Waals surface area contributed by atoms with Gasteiger partial charge in [-0.05, 0) is 25.5 Å². The number of carbonyl (C=O) groups excluding carboxylic acids is 1. The lowest BCUT2D eigenvalue weighted by molar-refractivity contribution is -0.131. The Kier molecular flexibility index (Phi) is 5.69. The molecule has 2 aromatic rings. The smallest absolute Gasteiger partial charge is 0.258 e. The molecule has 0 unspecified atom stereocenters. The number of unbranched alkanes of at least 4 members (excludes halogenated alkanes) is 1. The predicted octanol–water partition coefficient (Wildman–Crippen LogP) is 2.50. The molecule has 2 rings (SSSR count). The maximum atomic E-state index is 12.2. The number of nitrogens with one attached hydrogen (secondary N) is 1. The van der Waals surface area contributed by atoms with Crippen LogP contribution in [0, 0.1) is 0 Å². The monoisotopic (exact) mass is 301 g/mol. The number of hydrogen-bond donors (Lipinski definition) is 1. The summed E-state index contributed by atoms with van der Waals surface area (Å²) in [6, 6.07) is 7.23. The highest BCUT2D eigenvalue weighted by molar-refractivity contribution is 5.78. The molecule has 1 aromatic carbocycles. The Hall–Kier alpha value is -2.17. The Balaban J connectivity index is 2.05. The van der Waals surface area contributed by atoms with E-state index in [-0.39, 0.29) is 11.5 Å². The summed E-state index contributed by atoms with van der Waals surface area (Å²) in [7, 11) is 0. The fourth-order valence-electron chi connectivity index (χ4n) is 2.44. The highest BCUT2D eigenvalue weighted by atomic mass is 16.2. The van der Waals surface area contributed by atoms with E-state index in [4.69, 9.17) is 0 Å². The average Bonchev–Trinajstić information content (AvgIpc) is 2.53. The predicted molar refractivity (Wildman–Crippen MR) is 87.8 cm³/mol. The van der Waals surface area contributed by atoms with Crippen molar-refractivity contribution in [2.24, 2.45) is 0 Å². The second kappa shape index (κ2) is 7.73. The number of fused-ring (bicyclic) bond motifs is 1. The van der Waals surface area contributed by atoms with Crippen LogP contribution < -0.4 is 5.56 Å². The van der Waals surface area contributed by atoms with Gasteiger partial charge in [-0.1, -0.05) is 25.5 Å². The summed E-state index contributed by atoms with van der Waals surface area (Å²) in [5, 5.41) is 0.579. The van der Waals surface area contributed by atoms with Crippen LogP contribution in [-0.2, 0) is 11.2 Å². The van der Waals surface area contributed by atoms with Gasteiger partial charge in [0.2, 0.25) is 5.91 Å². The van der Waals surface area contributed by atoms with E-state index >= 15 is 0 Å². The molecule has 0 saturated heterocycles. The molecule has 5 heteroatoms. The number of aromatic amines is 1. The topological polar surface area (TPSA) is 66.1 Å². The molecule has 1 aromatic heterocycles.